The molecule has 0 radical (unpaired) electrons. The molecule has 0 saturated carbocycles. The molecule has 2 heterocycles. The quantitative estimate of drug-likeness (QED) is 0.480. The molecule has 0 aliphatic carbocycles. The van der Waals surface area contributed by atoms with Crippen LogP contribution in [0.15, 0.2) is 84.9 Å². The topological polar surface area (TPSA) is 55.1 Å². The first-order valence-corrected chi connectivity index (χ1v) is 9.32. The Kier molecular flexibility index (Phi) is 3.98. The molecular formula is C23H19N5. The molecule has 1 N–H and O–H groups in total. The van der Waals surface area contributed by atoms with Gasteiger partial charge in [-0.15, -0.1) is 5.10 Å². The smallest absolute Gasteiger partial charge is 0.186 e. The molecule has 0 bridgehead atoms. The van der Waals surface area contributed by atoms with E-state index in [1.54, 1.807) is 0 Å². The molecule has 0 aliphatic heterocycles. The summed E-state index contributed by atoms with van der Waals surface area (Å²) in [5.74, 6) is 0.832. The second-order valence-corrected chi connectivity index (χ2v) is 6.79. The van der Waals surface area contributed by atoms with Crippen molar-refractivity contribution >= 4 is 22.4 Å². The Morgan fingerprint density at radius 3 is 2.29 bits per heavy atom. The molecule has 0 spiro atoms. The maximum absolute atomic E-state index is 4.93. The van der Waals surface area contributed by atoms with Gasteiger partial charge in [0.15, 0.2) is 5.65 Å². The number of nitrogens with one attached hydrogen (secondary N) is 1. The molecule has 1 atom stereocenters. The molecule has 0 aliphatic rings. The number of rotatable bonds is 4. The lowest BCUT2D eigenvalue weighted by Gasteiger charge is -2.17. The molecule has 5 nitrogen and oxygen atoms in total. The highest BCUT2D eigenvalue weighted by Crippen LogP contribution is 2.29. The minimum atomic E-state index is 0.121. The second kappa shape index (κ2) is 6.78. The van der Waals surface area contributed by atoms with E-state index in [1.165, 1.54) is 5.56 Å². The van der Waals surface area contributed by atoms with Crippen molar-refractivity contribution in [2.45, 2.75) is 13.0 Å². The number of hydrogen-bond donors (Lipinski definition) is 1. The summed E-state index contributed by atoms with van der Waals surface area (Å²) in [6.45, 7) is 2.14. The normalized spacial score (nSPS) is 12.3. The summed E-state index contributed by atoms with van der Waals surface area (Å²) in [5, 5.41) is 13.4. The van der Waals surface area contributed by atoms with Crippen LogP contribution in [0.4, 0.5) is 5.82 Å². The summed E-state index contributed by atoms with van der Waals surface area (Å²) < 4.78 is 1.82. The van der Waals surface area contributed by atoms with Crippen LogP contribution in [0.25, 0.3) is 27.8 Å². The van der Waals surface area contributed by atoms with Crippen molar-refractivity contribution in [3.8, 4) is 11.3 Å². The molecule has 0 saturated heterocycles. The molecule has 5 rings (SSSR count). The van der Waals surface area contributed by atoms with E-state index in [-0.39, 0.29) is 6.04 Å². The minimum absolute atomic E-state index is 0.121. The van der Waals surface area contributed by atoms with Crippen LogP contribution in [0, 0.1) is 0 Å². The number of fused-ring (bicyclic) bond motifs is 3. The zero-order valence-electron chi connectivity index (χ0n) is 15.4. The number of benzene rings is 3. The van der Waals surface area contributed by atoms with Crippen molar-refractivity contribution in [1.29, 1.82) is 0 Å². The van der Waals surface area contributed by atoms with Crippen LogP contribution in [0.3, 0.4) is 0 Å². The molecule has 3 aromatic carbocycles. The van der Waals surface area contributed by atoms with E-state index in [4.69, 9.17) is 4.98 Å². The highest BCUT2D eigenvalue weighted by Gasteiger charge is 2.16. The third-order valence-corrected chi connectivity index (χ3v) is 4.95. The molecule has 5 aromatic rings. The van der Waals surface area contributed by atoms with Gasteiger partial charge in [-0.05, 0) is 24.6 Å². The van der Waals surface area contributed by atoms with Gasteiger partial charge in [0.1, 0.15) is 11.5 Å². The molecule has 28 heavy (non-hydrogen) atoms. The Hall–Kier alpha value is -3.73. The van der Waals surface area contributed by atoms with Gasteiger partial charge in [0, 0.05) is 17.0 Å². The zero-order chi connectivity index (χ0) is 18.9. The standard InChI is InChI=1S/C23H19N5/c1-16(17-10-4-2-5-11-17)24-22-19-14-8-9-15-20(19)28-23(25-22)21(26-27-28)18-12-6-3-7-13-18/h2-16H,1H3,(H,24,25)/t16-/m0/s1. The van der Waals surface area contributed by atoms with E-state index in [2.05, 4.69) is 52.9 Å². The number of nitrogens with zero attached hydrogens (tertiary/aromatic N) is 4. The number of para-hydroxylation sites is 1. The first-order valence-electron chi connectivity index (χ1n) is 9.32. The van der Waals surface area contributed by atoms with Crippen molar-refractivity contribution in [3.63, 3.8) is 0 Å². The Labute approximate surface area is 162 Å². The first kappa shape index (κ1) is 16.4. The Balaban J connectivity index is 1.69. The fraction of sp³-hybridized carbons (Fsp3) is 0.0870. The van der Waals surface area contributed by atoms with Gasteiger partial charge in [-0.1, -0.05) is 78.0 Å². The van der Waals surface area contributed by atoms with E-state index in [9.17, 15) is 0 Å². The van der Waals surface area contributed by atoms with E-state index in [0.29, 0.717) is 0 Å². The SMILES string of the molecule is C[C@H](Nc1nc2c(-c3ccccc3)nnn2c2ccccc12)c1ccccc1. The number of hydrogen-bond acceptors (Lipinski definition) is 4. The summed E-state index contributed by atoms with van der Waals surface area (Å²) in [6, 6.07) is 28.7. The highest BCUT2D eigenvalue weighted by atomic mass is 15.4. The molecule has 5 heteroatoms. The lowest BCUT2D eigenvalue weighted by molar-refractivity contribution is 0.862. The summed E-state index contributed by atoms with van der Waals surface area (Å²) >= 11 is 0. The third-order valence-electron chi connectivity index (χ3n) is 4.95. The summed E-state index contributed by atoms with van der Waals surface area (Å²) in [6.07, 6.45) is 0. The average molecular weight is 365 g/mol. The summed E-state index contributed by atoms with van der Waals surface area (Å²) in [4.78, 5) is 4.93. The average Bonchev–Trinajstić information content (AvgIpc) is 3.19. The van der Waals surface area contributed by atoms with Gasteiger partial charge in [-0.25, -0.2) is 4.98 Å². The second-order valence-electron chi connectivity index (χ2n) is 6.79. The highest BCUT2D eigenvalue weighted by molar-refractivity contribution is 5.93. The van der Waals surface area contributed by atoms with Crippen LogP contribution < -0.4 is 5.32 Å². The van der Waals surface area contributed by atoms with Crippen molar-refractivity contribution in [2.75, 3.05) is 5.32 Å². The Morgan fingerprint density at radius 2 is 1.50 bits per heavy atom. The van der Waals surface area contributed by atoms with E-state index >= 15 is 0 Å². The third kappa shape index (κ3) is 2.77. The lowest BCUT2D eigenvalue weighted by Crippen LogP contribution is -2.09. The predicted molar refractivity (Wildman–Crippen MR) is 112 cm³/mol. The summed E-state index contributed by atoms with van der Waals surface area (Å²) in [5.41, 5.74) is 4.71. The minimum Gasteiger partial charge on any atom is -0.363 e. The number of anilines is 1. The molecule has 0 fully saturated rings. The van der Waals surface area contributed by atoms with Crippen LogP contribution in [0.5, 0.6) is 0 Å². The fourth-order valence-corrected chi connectivity index (χ4v) is 3.49. The summed E-state index contributed by atoms with van der Waals surface area (Å²) in [7, 11) is 0. The molecule has 136 valence electrons. The Bertz CT molecular complexity index is 1250. The van der Waals surface area contributed by atoms with Gasteiger partial charge in [0.25, 0.3) is 0 Å². The molecular weight excluding hydrogens is 346 g/mol. The molecule has 0 unspecified atom stereocenters. The number of aromatic nitrogens is 4. The van der Waals surface area contributed by atoms with Crippen molar-refractivity contribution in [2.24, 2.45) is 0 Å². The first-order chi connectivity index (χ1) is 13.8. The van der Waals surface area contributed by atoms with Crippen LogP contribution in [-0.2, 0) is 0 Å². The van der Waals surface area contributed by atoms with Gasteiger partial charge in [0.05, 0.1) is 5.52 Å². The zero-order valence-corrected chi connectivity index (χ0v) is 15.4. The maximum atomic E-state index is 4.93. The Morgan fingerprint density at radius 1 is 0.821 bits per heavy atom. The van der Waals surface area contributed by atoms with Crippen molar-refractivity contribution in [3.05, 3.63) is 90.5 Å². The van der Waals surface area contributed by atoms with Gasteiger partial charge in [-0.2, -0.15) is 4.52 Å². The lowest BCUT2D eigenvalue weighted by atomic mass is 10.1. The fourth-order valence-electron chi connectivity index (χ4n) is 3.49. The van der Waals surface area contributed by atoms with Crippen LogP contribution in [0.1, 0.15) is 18.5 Å². The largest absolute Gasteiger partial charge is 0.363 e. The molecule has 0 amide bonds. The maximum Gasteiger partial charge on any atom is 0.186 e. The van der Waals surface area contributed by atoms with Crippen molar-refractivity contribution < 1.29 is 0 Å². The monoisotopic (exact) mass is 365 g/mol. The van der Waals surface area contributed by atoms with Gasteiger partial charge < -0.3 is 5.32 Å². The van der Waals surface area contributed by atoms with E-state index < -0.39 is 0 Å². The predicted octanol–water partition coefficient (Wildman–Crippen LogP) is 5.12. The van der Waals surface area contributed by atoms with E-state index in [0.717, 1.165) is 33.6 Å². The van der Waals surface area contributed by atoms with Gasteiger partial charge >= 0.3 is 0 Å². The molecule has 2 aromatic heterocycles. The van der Waals surface area contributed by atoms with Crippen LogP contribution >= 0.6 is 0 Å². The van der Waals surface area contributed by atoms with Crippen LogP contribution in [0.2, 0.25) is 0 Å². The van der Waals surface area contributed by atoms with Crippen LogP contribution in [-0.4, -0.2) is 19.8 Å². The van der Waals surface area contributed by atoms with Gasteiger partial charge in [-0.3, -0.25) is 0 Å². The van der Waals surface area contributed by atoms with E-state index in [1.807, 2.05) is 59.1 Å². The van der Waals surface area contributed by atoms with Gasteiger partial charge in [0.2, 0.25) is 0 Å². The van der Waals surface area contributed by atoms with Crippen molar-refractivity contribution in [1.82, 2.24) is 19.8 Å².